The predicted octanol–water partition coefficient (Wildman–Crippen LogP) is 1.27. The van der Waals surface area contributed by atoms with Crippen molar-refractivity contribution in [3.63, 3.8) is 0 Å². The minimum absolute atomic E-state index is 0.537. The van der Waals surface area contributed by atoms with Crippen molar-refractivity contribution in [3.8, 4) is 0 Å². The van der Waals surface area contributed by atoms with E-state index in [1.807, 2.05) is 0 Å². The normalized spacial score (nSPS) is 18.9. The van der Waals surface area contributed by atoms with Gasteiger partial charge >= 0.3 is 0 Å². The molecule has 0 aliphatic heterocycles. The van der Waals surface area contributed by atoms with E-state index in [4.69, 9.17) is 4.42 Å². The Morgan fingerprint density at radius 2 is 2.23 bits per heavy atom. The lowest BCUT2D eigenvalue weighted by atomic mass is 10.1. The van der Waals surface area contributed by atoms with Crippen LogP contribution in [-0.2, 0) is 6.54 Å². The zero-order valence-corrected chi connectivity index (χ0v) is 8.13. The minimum Gasteiger partial charge on any atom is -0.424 e. The van der Waals surface area contributed by atoms with Crippen molar-refractivity contribution in [3.05, 3.63) is 11.8 Å². The van der Waals surface area contributed by atoms with Crippen molar-refractivity contribution >= 4 is 0 Å². The van der Waals surface area contributed by atoms with Crippen LogP contribution in [0.25, 0.3) is 0 Å². The van der Waals surface area contributed by atoms with Crippen LogP contribution >= 0.6 is 0 Å². The van der Waals surface area contributed by atoms with Crippen molar-refractivity contribution in [2.75, 3.05) is 6.54 Å². The maximum Gasteiger partial charge on any atom is 0.230 e. The molecule has 72 valence electrons. The molecule has 1 N–H and O–H groups in total. The number of nitrogens with zero attached hydrogens (tertiary/aromatic N) is 2. The van der Waals surface area contributed by atoms with E-state index in [-0.39, 0.29) is 0 Å². The summed E-state index contributed by atoms with van der Waals surface area (Å²) < 4.78 is 5.23. The summed E-state index contributed by atoms with van der Waals surface area (Å²) in [6.45, 7) is 5.84. The zero-order chi connectivity index (χ0) is 9.31. The molecule has 1 aromatic rings. The van der Waals surface area contributed by atoms with Gasteiger partial charge in [-0.3, -0.25) is 0 Å². The van der Waals surface area contributed by atoms with E-state index in [0.29, 0.717) is 23.7 Å². The molecule has 4 nitrogen and oxygen atoms in total. The third-order valence-corrected chi connectivity index (χ3v) is 2.50. The van der Waals surface area contributed by atoms with Crippen LogP contribution < -0.4 is 5.32 Å². The zero-order valence-electron chi connectivity index (χ0n) is 8.13. The van der Waals surface area contributed by atoms with E-state index in [9.17, 15) is 0 Å². The van der Waals surface area contributed by atoms with Gasteiger partial charge in [0.15, 0.2) is 0 Å². The summed E-state index contributed by atoms with van der Waals surface area (Å²) in [6.07, 6.45) is 2.67. The molecule has 0 saturated heterocycles. The number of hydrogen-bond acceptors (Lipinski definition) is 4. The molecular weight excluding hydrogens is 166 g/mol. The summed E-state index contributed by atoms with van der Waals surface area (Å²) in [5.41, 5.74) is 0.537. The van der Waals surface area contributed by atoms with Crippen LogP contribution in [0.4, 0.5) is 0 Å². The van der Waals surface area contributed by atoms with Crippen LogP contribution in [0.2, 0.25) is 0 Å². The van der Waals surface area contributed by atoms with Crippen molar-refractivity contribution in [1.82, 2.24) is 15.5 Å². The molecule has 0 radical (unpaired) electrons. The molecule has 0 bridgehead atoms. The Morgan fingerprint density at radius 3 is 2.77 bits per heavy atom. The molecule has 1 fully saturated rings. The van der Waals surface area contributed by atoms with Crippen molar-refractivity contribution in [2.24, 2.45) is 5.41 Å². The third kappa shape index (κ3) is 2.28. The quantitative estimate of drug-likeness (QED) is 0.760. The molecule has 1 saturated carbocycles. The predicted molar refractivity (Wildman–Crippen MR) is 48.1 cm³/mol. The number of aryl methyl sites for hydroxylation is 1. The van der Waals surface area contributed by atoms with Crippen LogP contribution in [0, 0.1) is 12.3 Å². The molecule has 0 amide bonds. The lowest BCUT2D eigenvalue weighted by Crippen LogP contribution is -2.21. The van der Waals surface area contributed by atoms with Gasteiger partial charge in [-0.2, -0.15) is 0 Å². The second-order valence-electron chi connectivity index (χ2n) is 4.13. The van der Waals surface area contributed by atoms with E-state index >= 15 is 0 Å². The van der Waals surface area contributed by atoms with Crippen LogP contribution in [0.5, 0.6) is 0 Å². The highest BCUT2D eigenvalue weighted by atomic mass is 16.4. The van der Waals surface area contributed by atoms with Gasteiger partial charge in [0.25, 0.3) is 0 Å². The maximum atomic E-state index is 5.23. The first-order valence-corrected chi connectivity index (χ1v) is 4.68. The average Bonchev–Trinajstić information content (AvgIpc) is 2.65. The molecule has 1 aliphatic rings. The lowest BCUT2D eigenvalue weighted by Gasteiger charge is -2.07. The first kappa shape index (κ1) is 8.69. The fourth-order valence-electron chi connectivity index (χ4n) is 1.27. The topological polar surface area (TPSA) is 51.0 Å². The molecule has 4 heteroatoms. The maximum absolute atomic E-state index is 5.23. The first-order chi connectivity index (χ1) is 6.18. The summed E-state index contributed by atoms with van der Waals surface area (Å²) in [4.78, 5) is 0. The van der Waals surface area contributed by atoms with Crippen molar-refractivity contribution in [1.29, 1.82) is 0 Å². The highest BCUT2D eigenvalue weighted by Crippen LogP contribution is 2.44. The van der Waals surface area contributed by atoms with E-state index in [0.717, 1.165) is 6.54 Å². The van der Waals surface area contributed by atoms with Crippen molar-refractivity contribution < 1.29 is 4.42 Å². The summed E-state index contributed by atoms with van der Waals surface area (Å²) >= 11 is 0. The van der Waals surface area contributed by atoms with Crippen LogP contribution in [0.1, 0.15) is 31.5 Å². The molecule has 13 heavy (non-hydrogen) atoms. The highest BCUT2D eigenvalue weighted by Gasteiger charge is 2.36. The van der Waals surface area contributed by atoms with Crippen LogP contribution in [-0.4, -0.2) is 16.7 Å². The summed E-state index contributed by atoms with van der Waals surface area (Å²) in [5.74, 6) is 1.32. The minimum atomic E-state index is 0.537. The van der Waals surface area contributed by atoms with Gasteiger partial charge in [-0.05, 0) is 18.3 Å². The van der Waals surface area contributed by atoms with Crippen LogP contribution in [0.15, 0.2) is 4.42 Å². The monoisotopic (exact) mass is 181 g/mol. The number of nitrogens with one attached hydrogen (secondary N) is 1. The van der Waals surface area contributed by atoms with Gasteiger partial charge in [-0.1, -0.05) is 6.92 Å². The SMILES string of the molecule is Cc1nnc(CNCC2(C)CC2)o1. The first-order valence-electron chi connectivity index (χ1n) is 4.68. The number of rotatable bonds is 4. The summed E-state index contributed by atoms with van der Waals surface area (Å²) in [7, 11) is 0. The number of aromatic nitrogens is 2. The molecule has 1 heterocycles. The lowest BCUT2D eigenvalue weighted by molar-refractivity contribution is 0.423. The summed E-state index contributed by atoms with van der Waals surface area (Å²) in [5, 5.41) is 11.0. The van der Waals surface area contributed by atoms with Gasteiger partial charge in [0, 0.05) is 13.5 Å². The second kappa shape index (κ2) is 3.10. The largest absolute Gasteiger partial charge is 0.424 e. The molecule has 1 aromatic heterocycles. The standard InChI is InChI=1S/C9H15N3O/c1-7-11-12-8(13-7)5-10-6-9(2)3-4-9/h10H,3-6H2,1-2H3. The van der Waals surface area contributed by atoms with Gasteiger partial charge < -0.3 is 9.73 Å². The van der Waals surface area contributed by atoms with Gasteiger partial charge in [0.2, 0.25) is 11.8 Å². The molecule has 0 spiro atoms. The smallest absolute Gasteiger partial charge is 0.230 e. The Bertz CT molecular complexity index is 291. The van der Waals surface area contributed by atoms with E-state index in [1.54, 1.807) is 6.92 Å². The molecule has 1 aliphatic carbocycles. The molecule has 0 aromatic carbocycles. The highest BCUT2D eigenvalue weighted by molar-refractivity contribution is 4.91. The Hall–Kier alpha value is -0.900. The van der Waals surface area contributed by atoms with Gasteiger partial charge in [0.05, 0.1) is 6.54 Å². The second-order valence-corrected chi connectivity index (χ2v) is 4.13. The third-order valence-electron chi connectivity index (χ3n) is 2.50. The fourth-order valence-corrected chi connectivity index (χ4v) is 1.27. The van der Waals surface area contributed by atoms with E-state index < -0.39 is 0 Å². The van der Waals surface area contributed by atoms with Gasteiger partial charge in [0.1, 0.15) is 0 Å². The molecular formula is C9H15N3O. The van der Waals surface area contributed by atoms with Crippen LogP contribution in [0.3, 0.4) is 0 Å². The Kier molecular flexibility index (Phi) is 2.07. The number of hydrogen-bond donors (Lipinski definition) is 1. The Labute approximate surface area is 77.7 Å². The molecule has 2 rings (SSSR count). The summed E-state index contributed by atoms with van der Waals surface area (Å²) in [6, 6.07) is 0. The van der Waals surface area contributed by atoms with Gasteiger partial charge in [-0.15, -0.1) is 10.2 Å². The van der Waals surface area contributed by atoms with E-state index in [1.165, 1.54) is 12.8 Å². The average molecular weight is 181 g/mol. The molecule has 0 unspecified atom stereocenters. The van der Waals surface area contributed by atoms with Gasteiger partial charge in [-0.25, -0.2) is 0 Å². The Morgan fingerprint density at radius 1 is 1.46 bits per heavy atom. The van der Waals surface area contributed by atoms with Crippen molar-refractivity contribution in [2.45, 2.75) is 33.2 Å². The molecule has 0 atom stereocenters. The Balaban J connectivity index is 1.73. The fraction of sp³-hybridized carbons (Fsp3) is 0.778. The van der Waals surface area contributed by atoms with E-state index in [2.05, 4.69) is 22.4 Å².